The van der Waals surface area contributed by atoms with Gasteiger partial charge in [0.05, 0.1) is 15.1 Å². The minimum absolute atomic E-state index is 0.214. The number of hydrogen-bond acceptors (Lipinski definition) is 6. The number of anilines is 1. The molecule has 1 N–H and O–H groups in total. The standard InChI is InChI=1S/C18H17ClN2O4S2/c1-10-8-12(19)4-7-15(10)25-11(2)17(22)21-18-20-14-6-5-13(27(3,23)24)9-16(14)26-18/h4-9,11H,1-3H3,(H,20,21,22). The number of carbonyl (C=O) groups is 1. The molecule has 1 atom stereocenters. The zero-order valence-electron chi connectivity index (χ0n) is 14.8. The molecule has 3 aromatic rings. The summed E-state index contributed by atoms with van der Waals surface area (Å²) in [5.41, 5.74) is 1.44. The first-order chi connectivity index (χ1) is 12.6. The fourth-order valence-electron chi connectivity index (χ4n) is 2.39. The zero-order chi connectivity index (χ0) is 19.8. The number of aromatic nitrogens is 1. The first-order valence-corrected chi connectivity index (χ1v) is 11.1. The van der Waals surface area contributed by atoms with Gasteiger partial charge in [-0.05, 0) is 55.8 Å². The van der Waals surface area contributed by atoms with Crippen LogP contribution in [0, 0.1) is 6.92 Å². The van der Waals surface area contributed by atoms with E-state index in [1.54, 1.807) is 37.3 Å². The number of halogens is 1. The van der Waals surface area contributed by atoms with Gasteiger partial charge in [-0.25, -0.2) is 13.4 Å². The maximum atomic E-state index is 12.4. The molecule has 0 aliphatic heterocycles. The van der Waals surface area contributed by atoms with Crippen LogP contribution in [0.5, 0.6) is 5.75 Å². The van der Waals surface area contributed by atoms with Crippen molar-refractivity contribution in [3.8, 4) is 5.75 Å². The van der Waals surface area contributed by atoms with Gasteiger partial charge in [0.1, 0.15) is 5.75 Å². The van der Waals surface area contributed by atoms with Crippen LogP contribution >= 0.6 is 22.9 Å². The summed E-state index contributed by atoms with van der Waals surface area (Å²) in [4.78, 5) is 16.9. The first-order valence-electron chi connectivity index (χ1n) is 7.98. The maximum absolute atomic E-state index is 12.4. The highest BCUT2D eigenvalue weighted by atomic mass is 35.5. The van der Waals surface area contributed by atoms with Gasteiger partial charge in [0.25, 0.3) is 5.91 Å². The van der Waals surface area contributed by atoms with Crippen LogP contribution < -0.4 is 10.1 Å². The lowest BCUT2D eigenvalue weighted by atomic mass is 10.2. The van der Waals surface area contributed by atoms with Crippen molar-refractivity contribution in [2.75, 3.05) is 11.6 Å². The lowest BCUT2D eigenvalue weighted by Crippen LogP contribution is -2.30. The number of aryl methyl sites for hydroxylation is 1. The highest BCUT2D eigenvalue weighted by Gasteiger charge is 2.18. The van der Waals surface area contributed by atoms with E-state index in [-0.39, 0.29) is 10.8 Å². The summed E-state index contributed by atoms with van der Waals surface area (Å²) in [6.07, 6.45) is 0.402. The van der Waals surface area contributed by atoms with Crippen LogP contribution in [0.25, 0.3) is 10.2 Å². The summed E-state index contributed by atoms with van der Waals surface area (Å²) in [5.74, 6) is 0.218. The molecule has 0 saturated heterocycles. The summed E-state index contributed by atoms with van der Waals surface area (Å²) in [5, 5.41) is 3.68. The molecule has 2 aromatic carbocycles. The van der Waals surface area contributed by atoms with Crippen LogP contribution in [0.2, 0.25) is 5.02 Å². The van der Waals surface area contributed by atoms with Gasteiger partial charge in [0.2, 0.25) is 0 Å². The van der Waals surface area contributed by atoms with Crippen LogP contribution in [0.4, 0.5) is 5.13 Å². The van der Waals surface area contributed by atoms with Crippen molar-refractivity contribution in [2.24, 2.45) is 0 Å². The second-order valence-electron chi connectivity index (χ2n) is 6.08. The SMILES string of the molecule is Cc1cc(Cl)ccc1OC(C)C(=O)Nc1nc2ccc(S(C)(=O)=O)cc2s1. The number of sulfone groups is 1. The van der Waals surface area contributed by atoms with E-state index in [0.717, 1.165) is 11.8 Å². The summed E-state index contributed by atoms with van der Waals surface area (Å²) in [6, 6.07) is 9.84. The lowest BCUT2D eigenvalue weighted by Gasteiger charge is -2.15. The minimum atomic E-state index is -3.30. The summed E-state index contributed by atoms with van der Waals surface area (Å²) in [6.45, 7) is 3.48. The fraction of sp³-hybridized carbons (Fsp3) is 0.222. The molecule has 0 bridgehead atoms. The normalized spacial score (nSPS) is 12.7. The number of hydrogen-bond donors (Lipinski definition) is 1. The Morgan fingerprint density at radius 2 is 2.00 bits per heavy atom. The molecule has 0 radical (unpaired) electrons. The van der Waals surface area contributed by atoms with Crippen molar-refractivity contribution >= 4 is 54.0 Å². The van der Waals surface area contributed by atoms with Gasteiger partial charge in [-0.2, -0.15) is 0 Å². The van der Waals surface area contributed by atoms with Gasteiger partial charge in [0.15, 0.2) is 21.1 Å². The number of nitrogens with one attached hydrogen (secondary N) is 1. The number of thiazole rings is 1. The van der Waals surface area contributed by atoms with Crippen molar-refractivity contribution in [1.82, 2.24) is 4.98 Å². The van der Waals surface area contributed by atoms with Crippen molar-refractivity contribution in [1.29, 1.82) is 0 Å². The number of benzene rings is 2. The molecule has 9 heteroatoms. The quantitative estimate of drug-likeness (QED) is 0.667. The van der Waals surface area contributed by atoms with Gasteiger partial charge in [-0.15, -0.1) is 0 Å². The Morgan fingerprint density at radius 1 is 1.26 bits per heavy atom. The number of rotatable bonds is 5. The molecule has 1 unspecified atom stereocenters. The number of amides is 1. The summed E-state index contributed by atoms with van der Waals surface area (Å²) >= 11 is 7.13. The second kappa shape index (κ2) is 7.46. The highest BCUT2D eigenvalue weighted by Crippen LogP contribution is 2.28. The summed E-state index contributed by atoms with van der Waals surface area (Å²) < 4.78 is 29.7. The molecular weight excluding hydrogens is 408 g/mol. The number of fused-ring (bicyclic) bond motifs is 1. The van der Waals surface area contributed by atoms with E-state index < -0.39 is 15.9 Å². The molecule has 0 fully saturated rings. The van der Waals surface area contributed by atoms with E-state index in [9.17, 15) is 13.2 Å². The third kappa shape index (κ3) is 4.58. The zero-order valence-corrected chi connectivity index (χ0v) is 17.2. The largest absolute Gasteiger partial charge is 0.481 e. The van der Waals surface area contributed by atoms with Crippen molar-refractivity contribution in [3.63, 3.8) is 0 Å². The Bertz CT molecular complexity index is 1130. The average molecular weight is 425 g/mol. The van der Waals surface area contributed by atoms with Crippen molar-refractivity contribution in [3.05, 3.63) is 47.0 Å². The van der Waals surface area contributed by atoms with Gasteiger partial charge in [0, 0.05) is 11.3 Å². The van der Waals surface area contributed by atoms with Crippen LogP contribution in [-0.4, -0.2) is 31.7 Å². The Hall–Kier alpha value is -2.16. The van der Waals surface area contributed by atoms with Crippen molar-refractivity contribution < 1.29 is 17.9 Å². The molecule has 1 amide bonds. The predicted octanol–water partition coefficient (Wildman–Crippen LogP) is 4.07. The monoisotopic (exact) mass is 424 g/mol. The van der Waals surface area contributed by atoms with E-state index >= 15 is 0 Å². The van der Waals surface area contributed by atoms with Crippen LogP contribution in [0.3, 0.4) is 0 Å². The van der Waals surface area contributed by atoms with Gasteiger partial charge in [-0.3, -0.25) is 10.1 Å². The molecule has 142 valence electrons. The van der Waals surface area contributed by atoms with E-state index in [1.165, 1.54) is 17.4 Å². The van der Waals surface area contributed by atoms with E-state index in [1.807, 2.05) is 6.92 Å². The smallest absolute Gasteiger partial charge is 0.266 e. The molecule has 27 heavy (non-hydrogen) atoms. The van der Waals surface area contributed by atoms with Crippen LogP contribution in [-0.2, 0) is 14.6 Å². The molecule has 0 spiro atoms. The average Bonchev–Trinajstić information content (AvgIpc) is 2.97. The van der Waals surface area contributed by atoms with Crippen LogP contribution in [0.1, 0.15) is 12.5 Å². The van der Waals surface area contributed by atoms with Crippen LogP contribution in [0.15, 0.2) is 41.3 Å². The van der Waals surface area contributed by atoms with Gasteiger partial charge >= 0.3 is 0 Å². The maximum Gasteiger partial charge on any atom is 0.266 e. The molecule has 1 heterocycles. The molecule has 0 aliphatic carbocycles. The highest BCUT2D eigenvalue weighted by molar-refractivity contribution is 7.90. The molecule has 3 rings (SSSR count). The Morgan fingerprint density at radius 3 is 2.67 bits per heavy atom. The number of carbonyl (C=O) groups excluding carboxylic acids is 1. The van der Waals surface area contributed by atoms with E-state index in [4.69, 9.17) is 16.3 Å². The second-order valence-corrected chi connectivity index (χ2v) is 9.56. The molecule has 0 saturated carbocycles. The van der Waals surface area contributed by atoms with Gasteiger partial charge < -0.3 is 4.74 Å². The number of nitrogens with zero attached hydrogens (tertiary/aromatic N) is 1. The lowest BCUT2D eigenvalue weighted by molar-refractivity contribution is -0.122. The first kappa shape index (κ1) is 19.6. The summed E-state index contributed by atoms with van der Waals surface area (Å²) in [7, 11) is -3.30. The fourth-order valence-corrected chi connectivity index (χ4v) is 4.24. The third-order valence-electron chi connectivity index (χ3n) is 3.83. The minimum Gasteiger partial charge on any atom is -0.481 e. The topological polar surface area (TPSA) is 85.4 Å². The van der Waals surface area contributed by atoms with E-state index in [2.05, 4.69) is 10.3 Å². The molecule has 6 nitrogen and oxygen atoms in total. The number of ether oxygens (including phenoxy) is 1. The molecule has 0 aliphatic rings. The Kier molecular flexibility index (Phi) is 5.41. The molecule has 1 aromatic heterocycles. The third-order valence-corrected chi connectivity index (χ3v) is 6.11. The Labute approximate surface area is 166 Å². The predicted molar refractivity (Wildman–Crippen MR) is 108 cm³/mol. The Balaban J connectivity index is 1.75. The van der Waals surface area contributed by atoms with Gasteiger partial charge in [-0.1, -0.05) is 22.9 Å². The molecular formula is C18H17ClN2O4S2. The van der Waals surface area contributed by atoms with E-state index in [0.29, 0.717) is 26.1 Å². The van der Waals surface area contributed by atoms with Crippen molar-refractivity contribution in [2.45, 2.75) is 24.8 Å².